The zero-order valence-electron chi connectivity index (χ0n) is 18.6. The van der Waals surface area contributed by atoms with E-state index in [2.05, 4.69) is 4.98 Å². The molecule has 35 heavy (non-hydrogen) atoms. The van der Waals surface area contributed by atoms with Crippen LogP contribution < -0.4 is 0 Å². The SMILES string of the molecule is O=C(c1ccc2nc(-c3ccc(F)cc3)c(-c3ccc(F)cc3)nc2c1)N1CCc2[nH]ccc2C1. The average Bonchev–Trinajstić information content (AvgIpc) is 3.36. The molecular weight excluding hydrogens is 446 g/mol. The van der Waals surface area contributed by atoms with Crippen molar-refractivity contribution in [3.63, 3.8) is 0 Å². The first-order valence-corrected chi connectivity index (χ1v) is 11.3. The number of carbonyl (C=O) groups is 1. The lowest BCUT2D eigenvalue weighted by molar-refractivity contribution is 0.0734. The number of nitrogens with zero attached hydrogens (tertiary/aromatic N) is 3. The maximum Gasteiger partial charge on any atom is 0.254 e. The van der Waals surface area contributed by atoms with Crippen molar-refractivity contribution < 1.29 is 13.6 Å². The van der Waals surface area contributed by atoms with Crippen molar-refractivity contribution in [3.8, 4) is 22.5 Å². The van der Waals surface area contributed by atoms with E-state index < -0.39 is 0 Å². The predicted molar refractivity (Wildman–Crippen MR) is 130 cm³/mol. The van der Waals surface area contributed by atoms with E-state index in [0.29, 0.717) is 52.2 Å². The Hall–Kier alpha value is -4.39. The second-order valence-electron chi connectivity index (χ2n) is 8.60. The van der Waals surface area contributed by atoms with Crippen molar-refractivity contribution in [3.05, 3.63) is 107 Å². The zero-order valence-corrected chi connectivity index (χ0v) is 18.6. The van der Waals surface area contributed by atoms with E-state index in [1.165, 1.54) is 30.0 Å². The summed E-state index contributed by atoms with van der Waals surface area (Å²) < 4.78 is 27.1. The standard InChI is InChI=1S/C28H20F2N4O/c29-21-6-1-17(2-7-21)26-27(18-3-8-22(30)9-4-18)33-25-15-19(5-10-24(25)32-26)28(35)34-14-12-23-20(16-34)11-13-31-23/h1-11,13,15,31H,12,14,16H2. The molecule has 5 aromatic rings. The Morgan fingerprint density at radius 1 is 0.800 bits per heavy atom. The lowest BCUT2D eigenvalue weighted by Crippen LogP contribution is -2.35. The van der Waals surface area contributed by atoms with Gasteiger partial charge in [0, 0.05) is 48.1 Å². The van der Waals surface area contributed by atoms with E-state index in [9.17, 15) is 13.6 Å². The summed E-state index contributed by atoms with van der Waals surface area (Å²) in [6.45, 7) is 1.20. The Labute approximate surface area is 200 Å². The molecule has 5 nitrogen and oxygen atoms in total. The van der Waals surface area contributed by atoms with E-state index in [0.717, 1.165) is 12.0 Å². The molecule has 3 heterocycles. The summed E-state index contributed by atoms with van der Waals surface area (Å²) in [6.07, 6.45) is 2.69. The number of amides is 1. The molecule has 1 N–H and O–H groups in total. The van der Waals surface area contributed by atoms with Gasteiger partial charge in [-0.15, -0.1) is 0 Å². The quantitative estimate of drug-likeness (QED) is 0.367. The third-order valence-electron chi connectivity index (χ3n) is 6.36. The van der Waals surface area contributed by atoms with E-state index in [-0.39, 0.29) is 17.5 Å². The number of nitrogens with one attached hydrogen (secondary N) is 1. The molecule has 0 atom stereocenters. The first kappa shape index (κ1) is 21.2. The topological polar surface area (TPSA) is 61.9 Å². The Balaban J connectivity index is 1.43. The van der Waals surface area contributed by atoms with Gasteiger partial charge in [0.05, 0.1) is 22.4 Å². The van der Waals surface area contributed by atoms with Gasteiger partial charge in [-0.2, -0.15) is 0 Å². The minimum atomic E-state index is -0.356. The van der Waals surface area contributed by atoms with Crippen molar-refractivity contribution in [2.45, 2.75) is 13.0 Å². The van der Waals surface area contributed by atoms with Crippen molar-refractivity contribution in [2.24, 2.45) is 0 Å². The van der Waals surface area contributed by atoms with Gasteiger partial charge < -0.3 is 9.88 Å². The molecule has 0 saturated carbocycles. The van der Waals surface area contributed by atoms with Gasteiger partial charge >= 0.3 is 0 Å². The van der Waals surface area contributed by atoms with E-state index >= 15 is 0 Å². The summed E-state index contributed by atoms with van der Waals surface area (Å²) in [5, 5.41) is 0. The molecule has 1 aliphatic heterocycles. The van der Waals surface area contributed by atoms with Crippen LogP contribution in [0.2, 0.25) is 0 Å². The predicted octanol–water partition coefficient (Wildman–Crippen LogP) is 5.77. The number of hydrogen-bond donors (Lipinski definition) is 1. The highest BCUT2D eigenvalue weighted by atomic mass is 19.1. The van der Waals surface area contributed by atoms with Crippen LogP contribution in [-0.2, 0) is 13.0 Å². The van der Waals surface area contributed by atoms with Crippen LogP contribution in [0.5, 0.6) is 0 Å². The molecule has 1 amide bonds. The normalized spacial score (nSPS) is 13.1. The van der Waals surface area contributed by atoms with Gasteiger partial charge in [0.2, 0.25) is 0 Å². The van der Waals surface area contributed by atoms with Gasteiger partial charge in [-0.25, -0.2) is 18.7 Å². The molecule has 6 rings (SSSR count). The summed E-state index contributed by atoms with van der Waals surface area (Å²) in [7, 11) is 0. The highest BCUT2D eigenvalue weighted by Crippen LogP contribution is 2.32. The van der Waals surface area contributed by atoms with Crippen molar-refractivity contribution >= 4 is 16.9 Å². The number of hydrogen-bond acceptors (Lipinski definition) is 3. The summed E-state index contributed by atoms with van der Waals surface area (Å²) >= 11 is 0. The fourth-order valence-electron chi connectivity index (χ4n) is 4.51. The lowest BCUT2D eigenvalue weighted by atomic mass is 10.0. The molecule has 0 bridgehead atoms. The lowest BCUT2D eigenvalue weighted by Gasteiger charge is -2.27. The third kappa shape index (κ3) is 3.95. The highest BCUT2D eigenvalue weighted by molar-refractivity contribution is 5.98. The molecule has 0 fully saturated rings. The van der Waals surface area contributed by atoms with Gasteiger partial charge in [0.25, 0.3) is 5.91 Å². The van der Waals surface area contributed by atoms with E-state index in [1.807, 2.05) is 17.2 Å². The summed E-state index contributed by atoms with van der Waals surface area (Å²) in [6, 6.07) is 19.3. The fraction of sp³-hybridized carbons (Fsp3) is 0.107. The zero-order chi connectivity index (χ0) is 23.9. The van der Waals surface area contributed by atoms with Gasteiger partial charge in [-0.1, -0.05) is 0 Å². The second kappa shape index (κ2) is 8.43. The minimum absolute atomic E-state index is 0.0634. The van der Waals surface area contributed by atoms with Crippen LogP contribution >= 0.6 is 0 Å². The van der Waals surface area contributed by atoms with Gasteiger partial charge in [-0.05, 0) is 78.4 Å². The van der Waals surface area contributed by atoms with Crippen LogP contribution in [0.4, 0.5) is 8.78 Å². The summed E-state index contributed by atoms with van der Waals surface area (Å²) in [5.74, 6) is -0.768. The molecule has 2 aromatic heterocycles. The number of rotatable bonds is 3. The molecule has 0 saturated heterocycles. The van der Waals surface area contributed by atoms with Crippen LogP contribution in [-0.4, -0.2) is 32.3 Å². The Kier molecular flexibility index (Phi) is 5.10. The number of aromatic nitrogens is 3. The van der Waals surface area contributed by atoms with Crippen molar-refractivity contribution in [1.82, 2.24) is 19.9 Å². The highest BCUT2D eigenvalue weighted by Gasteiger charge is 2.23. The van der Waals surface area contributed by atoms with Crippen LogP contribution in [0.15, 0.2) is 79.0 Å². The summed E-state index contributed by atoms with van der Waals surface area (Å²) in [4.78, 5) is 28.0. The number of aromatic amines is 1. The van der Waals surface area contributed by atoms with Crippen molar-refractivity contribution in [1.29, 1.82) is 0 Å². The number of fused-ring (bicyclic) bond motifs is 2. The molecule has 0 spiro atoms. The Morgan fingerprint density at radius 3 is 2.09 bits per heavy atom. The number of benzene rings is 3. The van der Waals surface area contributed by atoms with Gasteiger partial charge in [0.15, 0.2) is 0 Å². The van der Waals surface area contributed by atoms with Crippen LogP contribution in [0.3, 0.4) is 0 Å². The average molecular weight is 466 g/mol. The number of H-pyrrole nitrogens is 1. The molecule has 172 valence electrons. The van der Waals surface area contributed by atoms with E-state index in [4.69, 9.17) is 9.97 Å². The third-order valence-corrected chi connectivity index (χ3v) is 6.36. The van der Waals surface area contributed by atoms with Gasteiger partial charge in [0.1, 0.15) is 11.6 Å². The summed E-state index contributed by atoms with van der Waals surface area (Å²) in [5.41, 5.74) is 6.46. The molecule has 0 radical (unpaired) electrons. The Morgan fingerprint density at radius 2 is 1.43 bits per heavy atom. The molecule has 0 aliphatic carbocycles. The van der Waals surface area contributed by atoms with Crippen LogP contribution in [0.1, 0.15) is 21.6 Å². The van der Waals surface area contributed by atoms with Crippen LogP contribution in [0.25, 0.3) is 33.5 Å². The number of carbonyl (C=O) groups excluding carboxylic acids is 1. The maximum absolute atomic E-state index is 13.6. The fourth-order valence-corrected chi connectivity index (χ4v) is 4.51. The molecule has 3 aromatic carbocycles. The molecule has 1 aliphatic rings. The van der Waals surface area contributed by atoms with Gasteiger partial charge in [-0.3, -0.25) is 4.79 Å². The van der Waals surface area contributed by atoms with Crippen molar-refractivity contribution in [2.75, 3.05) is 6.54 Å². The minimum Gasteiger partial charge on any atom is -0.365 e. The molecule has 0 unspecified atom stereocenters. The number of halogens is 2. The Bertz CT molecular complexity index is 1560. The monoisotopic (exact) mass is 466 g/mol. The maximum atomic E-state index is 13.6. The molecular formula is C28H20F2N4O. The first-order valence-electron chi connectivity index (χ1n) is 11.3. The van der Waals surface area contributed by atoms with Crippen LogP contribution in [0, 0.1) is 11.6 Å². The smallest absolute Gasteiger partial charge is 0.254 e. The van der Waals surface area contributed by atoms with E-state index in [1.54, 1.807) is 42.5 Å². The first-order chi connectivity index (χ1) is 17.0. The second-order valence-corrected chi connectivity index (χ2v) is 8.60. The largest absolute Gasteiger partial charge is 0.365 e. The molecule has 7 heteroatoms.